The Kier molecular flexibility index (Phi) is 3.59. The monoisotopic (exact) mass is 264 g/mol. The lowest BCUT2D eigenvalue weighted by atomic mass is 9.99. The van der Waals surface area contributed by atoms with Gasteiger partial charge in [0.15, 0.2) is 0 Å². The SMILES string of the molecule is CCC1NC(C2CCCC2)N(CC2(CC)CC2)C1=O. The third-order valence-electron chi connectivity index (χ3n) is 5.76. The number of nitrogens with zero attached hydrogens (tertiary/aromatic N) is 1. The Morgan fingerprint density at radius 1 is 1.26 bits per heavy atom. The van der Waals surface area contributed by atoms with Crippen molar-refractivity contribution in [1.29, 1.82) is 0 Å². The molecule has 2 saturated carbocycles. The zero-order valence-electron chi connectivity index (χ0n) is 12.5. The average Bonchev–Trinajstić information content (AvgIpc) is 2.85. The molecule has 0 aromatic rings. The number of rotatable bonds is 5. The van der Waals surface area contributed by atoms with Crippen LogP contribution in [-0.2, 0) is 4.79 Å². The van der Waals surface area contributed by atoms with Gasteiger partial charge in [-0.15, -0.1) is 0 Å². The topological polar surface area (TPSA) is 32.3 Å². The molecule has 3 nitrogen and oxygen atoms in total. The average molecular weight is 264 g/mol. The van der Waals surface area contributed by atoms with E-state index in [9.17, 15) is 4.79 Å². The van der Waals surface area contributed by atoms with Gasteiger partial charge in [0.1, 0.15) is 0 Å². The minimum absolute atomic E-state index is 0.0817. The summed E-state index contributed by atoms with van der Waals surface area (Å²) in [6.45, 7) is 5.41. The molecule has 1 N–H and O–H groups in total. The van der Waals surface area contributed by atoms with Crippen molar-refractivity contribution in [3.63, 3.8) is 0 Å². The second kappa shape index (κ2) is 5.08. The predicted molar refractivity (Wildman–Crippen MR) is 76.6 cm³/mol. The molecule has 2 aliphatic carbocycles. The number of hydrogen-bond acceptors (Lipinski definition) is 2. The molecule has 3 fully saturated rings. The molecule has 2 atom stereocenters. The number of carbonyl (C=O) groups excluding carboxylic acids is 1. The molecule has 0 aromatic heterocycles. The maximum absolute atomic E-state index is 12.6. The summed E-state index contributed by atoms with van der Waals surface area (Å²) in [5.41, 5.74) is 0.469. The van der Waals surface area contributed by atoms with Gasteiger partial charge in [-0.1, -0.05) is 26.7 Å². The van der Waals surface area contributed by atoms with Crippen molar-refractivity contribution in [2.24, 2.45) is 11.3 Å². The van der Waals surface area contributed by atoms with Crippen LogP contribution in [0.15, 0.2) is 0 Å². The first kappa shape index (κ1) is 13.4. The first-order valence-electron chi connectivity index (χ1n) is 8.25. The van der Waals surface area contributed by atoms with Gasteiger partial charge >= 0.3 is 0 Å². The van der Waals surface area contributed by atoms with E-state index in [0.717, 1.165) is 13.0 Å². The summed E-state index contributed by atoms with van der Waals surface area (Å²) in [6, 6.07) is 0.0817. The number of nitrogens with one attached hydrogen (secondary N) is 1. The van der Waals surface area contributed by atoms with E-state index in [1.165, 1.54) is 44.9 Å². The van der Waals surface area contributed by atoms with Crippen molar-refractivity contribution in [3.05, 3.63) is 0 Å². The Hall–Kier alpha value is -0.570. The van der Waals surface area contributed by atoms with Gasteiger partial charge in [-0.2, -0.15) is 0 Å². The van der Waals surface area contributed by atoms with Gasteiger partial charge in [0, 0.05) is 6.54 Å². The summed E-state index contributed by atoms with van der Waals surface area (Å²) in [7, 11) is 0. The first-order chi connectivity index (χ1) is 9.19. The molecule has 108 valence electrons. The van der Waals surface area contributed by atoms with Crippen LogP contribution >= 0.6 is 0 Å². The summed E-state index contributed by atoms with van der Waals surface area (Å²) < 4.78 is 0. The lowest BCUT2D eigenvalue weighted by Crippen LogP contribution is -2.45. The predicted octanol–water partition coefficient (Wildman–Crippen LogP) is 2.90. The third-order valence-corrected chi connectivity index (χ3v) is 5.76. The maximum Gasteiger partial charge on any atom is 0.241 e. The Bertz CT molecular complexity index is 345. The van der Waals surface area contributed by atoms with Crippen LogP contribution in [-0.4, -0.2) is 29.6 Å². The van der Waals surface area contributed by atoms with Crippen LogP contribution in [0.5, 0.6) is 0 Å². The van der Waals surface area contributed by atoms with E-state index in [1.807, 2.05) is 0 Å². The molecule has 2 unspecified atom stereocenters. The lowest BCUT2D eigenvalue weighted by Gasteiger charge is -2.32. The lowest BCUT2D eigenvalue weighted by molar-refractivity contribution is -0.131. The molecule has 0 radical (unpaired) electrons. The highest BCUT2D eigenvalue weighted by atomic mass is 16.2. The molecule has 1 saturated heterocycles. The minimum atomic E-state index is 0.0817. The highest BCUT2D eigenvalue weighted by Crippen LogP contribution is 2.50. The third kappa shape index (κ3) is 2.42. The van der Waals surface area contributed by atoms with Crippen LogP contribution in [0, 0.1) is 11.3 Å². The zero-order valence-corrected chi connectivity index (χ0v) is 12.5. The Morgan fingerprint density at radius 3 is 2.47 bits per heavy atom. The van der Waals surface area contributed by atoms with Gasteiger partial charge in [-0.25, -0.2) is 0 Å². The minimum Gasteiger partial charge on any atom is -0.325 e. The van der Waals surface area contributed by atoms with E-state index in [0.29, 0.717) is 23.4 Å². The van der Waals surface area contributed by atoms with Crippen LogP contribution in [0.1, 0.15) is 65.2 Å². The van der Waals surface area contributed by atoms with E-state index in [-0.39, 0.29) is 6.04 Å². The first-order valence-corrected chi connectivity index (χ1v) is 8.25. The van der Waals surface area contributed by atoms with Crippen molar-refractivity contribution in [2.45, 2.75) is 77.4 Å². The quantitative estimate of drug-likeness (QED) is 0.828. The van der Waals surface area contributed by atoms with Gasteiger partial charge in [0.05, 0.1) is 12.2 Å². The van der Waals surface area contributed by atoms with Crippen LogP contribution < -0.4 is 5.32 Å². The normalized spacial score (nSPS) is 34.2. The van der Waals surface area contributed by atoms with E-state index >= 15 is 0 Å². The van der Waals surface area contributed by atoms with Crippen LogP contribution in [0.3, 0.4) is 0 Å². The molecular weight excluding hydrogens is 236 g/mol. The van der Waals surface area contributed by atoms with E-state index < -0.39 is 0 Å². The molecule has 3 heteroatoms. The van der Waals surface area contributed by atoms with Gasteiger partial charge in [-0.3, -0.25) is 10.1 Å². The zero-order chi connectivity index (χ0) is 13.5. The smallest absolute Gasteiger partial charge is 0.241 e. The Morgan fingerprint density at radius 2 is 1.95 bits per heavy atom. The fourth-order valence-corrected chi connectivity index (χ4v) is 4.00. The molecule has 1 amide bonds. The standard InChI is InChI=1S/C16H28N2O/c1-3-13-15(19)18(11-16(4-2)9-10-16)14(17-13)12-7-5-6-8-12/h12-14,17H,3-11H2,1-2H3. The highest BCUT2D eigenvalue weighted by molar-refractivity contribution is 5.84. The molecule has 0 aromatic carbocycles. The molecule has 0 bridgehead atoms. The summed E-state index contributed by atoms with van der Waals surface area (Å²) in [6.07, 6.45) is 10.4. The summed E-state index contributed by atoms with van der Waals surface area (Å²) in [5.74, 6) is 1.08. The Balaban J connectivity index is 1.74. The van der Waals surface area contributed by atoms with Crippen molar-refractivity contribution >= 4 is 5.91 Å². The molecule has 3 aliphatic rings. The van der Waals surface area contributed by atoms with E-state index in [4.69, 9.17) is 0 Å². The second-order valence-electron chi connectivity index (χ2n) is 6.94. The van der Waals surface area contributed by atoms with Gasteiger partial charge in [-0.05, 0) is 49.9 Å². The van der Waals surface area contributed by atoms with Crippen LogP contribution in [0.25, 0.3) is 0 Å². The van der Waals surface area contributed by atoms with Crippen LogP contribution in [0.4, 0.5) is 0 Å². The van der Waals surface area contributed by atoms with Crippen LogP contribution in [0.2, 0.25) is 0 Å². The fraction of sp³-hybridized carbons (Fsp3) is 0.938. The molecular formula is C16H28N2O. The fourth-order valence-electron chi connectivity index (χ4n) is 4.00. The van der Waals surface area contributed by atoms with Gasteiger partial charge < -0.3 is 4.90 Å². The van der Waals surface area contributed by atoms with Gasteiger partial charge in [0.2, 0.25) is 5.91 Å². The van der Waals surface area contributed by atoms with Crippen molar-refractivity contribution < 1.29 is 4.79 Å². The summed E-state index contributed by atoms with van der Waals surface area (Å²) in [5, 5.41) is 3.63. The largest absolute Gasteiger partial charge is 0.325 e. The number of carbonyl (C=O) groups is 1. The second-order valence-corrected chi connectivity index (χ2v) is 6.94. The molecule has 19 heavy (non-hydrogen) atoms. The Labute approximate surface area is 117 Å². The summed E-state index contributed by atoms with van der Waals surface area (Å²) >= 11 is 0. The van der Waals surface area contributed by atoms with E-state index in [2.05, 4.69) is 24.1 Å². The molecule has 1 heterocycles. The summed E-state index contributed by atoms with van der Waals surface area (Å²) in [4.78, 5) is 14.8. The maximum atomic E-state index is 12.6. The van der Waals surface area contributed by atoms with Gasteiger partial charge in [0.25, 0.3) is 0 Å². The van der Waals surface area contributed by atoms with Crippen molar-refractivity contribution in [3.8, 4) is 0 Å². The highest BCUT2D eigenvalue weighted by Gasteiger charge is 2.49. The van der Waals surface area contributed by atoms with Crippen molar-refractivity contribution in [2.75, 3.05) is 6.54 Å². The molecule has 3 rings (SSSR count). The van der Waals surface area contributed by atoms with Crippen molar-refractivity contribution in [1.82, 2.24) is 10.2 Å². The van der Waals surface area contributed by atoms with E-state index in [1.54, 1.807) is 0 Å². The molecule has 1 aliphatic heterocycles. The number of amides is 1. The number of hydrogen-bond donors (Lipinski definition) is 1. The molecule has 0 spiro atoms.